The summed E-state index contributed by atoms with van der Waals surface area (Å²) in [4.78, 5) is 21.7. The number of nitro benzene ring substituents is 1. The molecule has 1 atom stereocenters. The van der Waals surface area contributed by atoms with Gasteiger partial charge in [0.1, 0.15) is 0 Å². The molecule has 0 aromatic heterocycles. The third-order valence-electron chi connectivity index (χ3n) is 2.49. The number of ether oxygens (including phenoxy) is 1. The average Bonchev–Trinajstić information content (AvgIpc) is 2.31. The number of hydrogen-bond acceptors (Lipinski definition) is 4. The van der Waals surface area contributed by atoms with Gasteiger partial charge in [0.25, 0.3) is 5.69 Å². The average molecular weight is 237 g/mol. The molecule has 17 heavy (non-hydrogen) atoms. The van der Waals surface area contributed by atoms with Crippen molar-refractivity contribution in [2.75, 3.05) is 6.61 Å². The molecule has 1 aromatic carbocycles. The Labute approximate surface area is 99.5 Å². The van der Waals surface area contributed by atoms with E-state index in [0.717, 1.165) is 5.56 Å². The van der Waals surface area contributed by atoms with Crippen molar-refractivity contribution in [3.05, 3.63) is 39.9 Å². The van der Waals surface area contributed by atoms with Crippen molar-refractivity contribution >= 4 is 11.7 Å². The predicted octanol–water partition coefficient (Wildman–Crippen LogP) is 2.65. The zero-order valence-electron chi connectivity index (χ0n) is 9.88. The Bertz CT molecular complexity index is 399. The SMILES string of the molecule is CCOC(=O)[C@H](CC)c1ccc([N+](=O)[O-])cc1. The highest BCUT2D eigenvalue weighted by molar-refractivity contribution is 5.78. The Morgan fingerprint density at radius 1 is 1.35 bits per heavy atom. The van der Waals surface area contributed by atoms with E-state index in [1.807, 2.05) is 6.92 Å². The normalized spacial score (nSPS) is 11.9. The maximum atomic E-state index is 11.6. The number of non-ortho nitro benzene ring substituents is 1. The Hall–Kier alpha value is -1.91. The fourth-order valence-electron chi connectivity index (χ4n) is 1.61. The van der Waals surface area contributed by atoms with Crippen LogP contribution in [-0.4, -0.2) is 17.5 Å². The third kappa shape index (κ3) is 3.27. The molecule has 0 spiro atoms. The van der Waals surface area contributed by atoms with Crippen molar-refractivity contribution < 1.29 is 14.5 Å². The van der Waals surface area contributed by atoms with Gasteiger partial charge in [-0.1, -0.05) is 19.1 Å². The van der Waals surface area contributed by atoms with E-state index in [9.17, 15) is 14.9 Å². The minimum Gasteiger partial charge on any atom is -0.466 e. The Kier molecular flexibility index (Phi) is 4.63. The van der Waals surface area contributed by atoms with Crippen LogP contribution in [0.2, 0.25) is 0 Å². The van der Waals surface area contributed by atoms with Gasteiger partial charge in [0.2, 0.25) is 0 Å². The maximum Gasteiger partial charge on any atom is 0.313 e. The van der Waals surface area contributed by atoms with E-state index in [1.54, 1.807) is 19.1 Å². The number of esters is 1. The van der Waals surface area contributed by atoms with Gasteiger partial charge in [-0.15, -0.1) is 0 Å². The molecule has 0 aliphatic rings. The summed E-state index contributed by atoms with van der Waals surface area (Å²) >= 11 is 0. The standard InChI is InChI=1S/C12H15NO4/c1-3-11(12(14)17-4-2)9-5-7-10(8-6-9)13(15)16/h5-8,11H,3-4H2,1-2H3/t11-/m1/s1. The van der Waals surface area contributed by atoms with E-state index in [4.69, 9.17) is 4.74 Å². The first-order valence-electron chi connectivity index (χ1n) is 5.51. The van der Waals surface area contributed by atoms with Crippen LogP contribution in [0.5, 0.6) is 0 Å². The molecule has 0 radical (unpaired) electrons. The number of nitro groups is 1. The van der Waals surface area contributed by atoms with Crippen molar-refractivity contribution in [2.24, 2.45) is 0 Å². The maximum absolute atomic E-state index is 11.6. The summed E-state index contributed by atoms with van der Waals surface area (Å²) in [7, 11) is 0. The second-order valence-corrected chi connectivity index (χ2v) is 3.56. The molecule has 0 N–H and O–H groups in total. The fourth-order valence-corrected chi connectivity index (χ4v) is 1.61. The lowest BCUT2D eigenvalue weighted by Gasteiger charge is -2.13. The van der Waals surface area contributed by atoms with Crippen molar-refractivity contribution in [3.63, 3.8) is 0 Å². The number of carbonyl (C=O) groups excluding carboxylic acids is 1. The smallest absolute Gasteiger partial charge is 0.313 e. The highest BCUT2D eigenvalue weighted by Gasteiger charge is 2.20. The van der Waals surface area contributed by atoms with E-state index in [1.165, 1.54) is 12.1 Å². The summed E-state index contributed by atoms with van der Waals surface area (Å²) in [6.45, 7) is 3.96. The van der Waals surface area contributed by atoms with Gasteiger partial charge < -0.3 is 4.74 Å². The van der Waals surface area contributed by atoms with Gasteiger partial charge in [0.15, 0.2) is 0 Å². The summed E-state index contributed by atoms with van der Waals surface area (Å²) in [5.74, 6) is -0.639. The van der Waals surface area contributed by atoms with Crippen LogP contribution >= 0.6 is 0 Å². The second kappa shape index (κ2) is 5.98. The largest absolute Gasteiger partial charge is 0.466 e. The predicted molar refractivity (Wildman–Crippen MR) is 62.8 cm³/mol. The second-order valence-electron chi connectivity index (χ2n) is 3.56. The number of hydrogen-bond donors (Lipinski definition) is 0. The third-order valence-corrected chi connectivity index (χ3v) is 2.49. The van der Waals surface area contributed by atoms with Crippen LogP contribution in [0.3, 0.4) is 0 Å². The lowest BCUT2D eigenvalue weighted by Crippen LogP contribution is -2.15. The van der Waals surface area contributed by atoms with Gasteiger partial charge in [0, 0.05) is 12.1 Å². The molecule has 5 heteroatoms. The van der Waals surface area contributed by atoms with Gasteiger partial charge in [-0.2, -0.15) is 0 Å². The van der Waals surface area contributed by atoms with Crippen molar-refractivity contribution in [1.29, 1.82) is 0 Å². The Morgan fingerprint density at radius 3 is 2.35 bits per heavy atom. The molecule has 92 valence electrons. The van der Waals surface area contributed by atoms with Crippen LogP contribution in [0.15, 0.2) is 24.3 Å². The Balaban J connectivity index is 2.89. The van der Waals surface area contributed by atoms with Crippen LogP contribution in [0, 0.1) is 10.1 Å². The minimum absolute atomic E-state index is 0.0208. The molecule has 0 unspecified atom stereocenters. The fraction of sp³-hybridized carbons (Fsp3) is 0.417. The topological polar surface area (TPSA) is 69.4 Å². The molecule has 0 amide bonds. The van der Waals surface area contributed by atoms with Gasteiger partial charge in [-0.25, -0.2) is 0 Å². The molecule has 0 saturated heterocycles. The molecule has 1 rings (SSSR count). The Morgan fingerprint density at radius 2 is 1.94 bits per heavy atom. The minimum atomic E-state index is -0.463. The lowest BCUT2D eigenvalue weighted by molar-refractivity contribution is -0.384. The van der Waals surface area contributed by atoms with Crippen LogP contribution in [0.1, 0.15) is 31.7 Å². The highest BCUT2D eigenvalue weighted by Crippen LogP contribution is 2.23. The number of benzene rings is 1. The lowest BCUT2D eigenvalue weighted by atomic mass is 9.96. The van der Waals surface area contributed by atoms with Crippen molar-refractivity contribution in [3.8, 4) is 0 Å². The summed E-state index contributed by atoms with van der Waals surface area (Å²) < 4.78 is 4.95. The van der Waals surface area contributed by atoms with E-state index >= 15 is 0 Å². The van der Waals surface area contributed by atoms with Crippen LogP contribution in [0.4, 0.5) is 5.69 Å². The van der Waals surface area contributed by atoms with Crippen LogP contribution < -0.4 is 0 Å². The molecular weight excluding hydrogens is 222 g/mol. The summed E-state index contributed by atoms with van der Waals surface area (Å²) in [6.07, 6.45) is 0.608. The first kappa shape index (κ1) is 13.2. The zero-order chi connectivity index (χ0) is 12.8. The molecule has 5 nitrogen and oxygen atoms in total. The quantitative estimate of drug-likeness (QED) is 0.448. The molecule has 0 saturated carbocycles. The van der Waals surface area contributed by atoms with Crippen LogP contribution in [0.25, 0.3) is 0 Å². The molecule has 0 aliphatic carbocycles. The van der Waals surface area contributed by atoms with Gasteiger partial charge in [0.05, 0.1) is 17.4 Å². The number of nitrogens with zero attached hydrogens (tertiary/aromatic N) is 1. The molecular formula is C12H15NO4. The summed E-state index contributed by atoms with van der Waals surface area (Å²) in [6, 6.07) is 6.00. The summed E-state index contributed by atoms with van der Waals surface area (Å²) in [5, 5.41) is 10.5. The number of rotatable bonds is 5. The first-order chi connectivity index (χ1) is 8.10. The molecule has 0 fully saturated rings. The number of carbonyl (C=O) groups is 1. The molecule has 0 bridgehead atoms. The van der Waals surface area contributed by atoms with E-state index in [0.29, 0.717) is 13.0 Å². The van der Waals surface area contributed by atoms with Crippen molar-refractivity contribution in [1.82, 2.24) is 0 Å². The van der Waals surface area contributed by atoms with Crippen LogP contribution in [-0.2, 0) is 9.53 Å². The van der Waals surface area contributed by atoms with E-state index in [-0.39, 0.29) is 17.6 Å². The molecule has 1 aromatic rings. The van der Waals surface area contributed by atoms with Gasteiger partial charge >= 0.3 is 5.97 Å². The molecule has 0 aliphatic heterocycles. The highest BCUT2D eigenvalue weighted by atomic mass is 16.6. The van der Waals surface area contributed by atoms with Crippen molar-refractivity contribution in [2.45, 2.75) is 26.2 Å². The first-order valence-corrected chi connectivity index (χ1v) is 5.51. The monoisotopic (exact) mass is 237 g/mol. The van der Waals surface area contributed by atoms with Gasteiger partial charge in [-0.05, 0) is 18.9 Å². The van der Waals surface area contributed by atoms with Gasteiger partial charge in [-0.3, -0.25) is 14.9 Å². The van der Waals surface area contributed by atoms with E-state index < -0.39 is 4.92 Å². The zero-order valence-corrected chi connectivity index (χ0v) is 9.88. The van der Waals surface area contributed by atoms with E-state index in [2.05, 4.69) is 0 Å². The summed E-state index contributed by atoms with van der Waals surface area (Å²) in [5.41, 5.74) is 0.768. The molecule has 0 heterocycles.